The fourth-order valence-electron chi connectivity index (χ4n) is 6.71. The third-order valence-corrected chi connectivity index (χ3v) is 10.9. The van der Waals surface area contributed by atoms with E-state index in [0.29, 0.717) is 42.3 Å². The highest BCUT2D eigenvalue weighted by Crippen LogP contribution is 2.30. The lowest BCUT2D eigenvalue weighted by Crippen LogP contribution is -2.50. The number of anilines is 2. The third kappa shape index (κ3) is 9.17. The van der Waals surface area contributed by atoms with E-state index < -0.39 is 15.6 Å². The topological polar surface area (TPSA) is 129 Å². The average Bonchev–Trinajstić information content (AvgIpc) is 3.09. The summed E-state index contributed by atoms with van der Waals surface area (Å²) in [5.74, 6) is 2.20. The van der Waals surface area contributed by atoms with Crippen LogP contribution in [0.15, 0.2) is 71.6 Å². The van der Waals surface area contributed by atoms with Crippen molar-refractivity contribution in [2.24, 2.45) is 11.8 Å². The van der Waals surface area contributed by atoms with Gasteiger partial charge in [-0.15, -0.1) is 0 Å². The Kier molecular flexibility index (Phi) is 10.9. The number of hydrogen-bond acceptors (Lipinski definition) is 9. The number of rotatable bonds is 11. The number of fused-ring (bicyclic) bond motifs is 2. The molecule has 3 aromatic carbocycles. The molecule has 1 amide bonds. The molecule has 1 aliphatic heterocycles. The van der Waals surface area contributed by atoms with Crippen LogP contribution in [0.2, 0.25) is 0 Å². The number of hydrogen-bond donors (Lipinski definition) is 3. The van der Waals surface area contributed by atoms with E-state index in [1.54, 1.807) is 17.0 Å². The van der Waals surface area contributed by atoms with Crippen molar-refractivity contribution in [3.63, 3.8) is 0 Å². The summed E-state index contributed by atoms with van der Waals surface area (Å²) in [7, 11) is -3.60. The molecule has 1 saturated carbocycles. The molecular weight excluding hydrogens is 639 g/mol. The zero-order chi connectivity index (χ0) is 34.4. The van der Waals surface area contributed by atoms with Crippen molar-refractivity contribution >= 4 is 49.6 Å². The number of amides is 1. The molecule has 1 saturated heterocycles. The molecule has 1 aromatic heterocycles. The van der Waals surface area contributed by atoms with Gasteiger partial charge in [0, 0.05) is 63.1 Å². The van der Waals surface area contributed by atoms with Crippen LogP contribution in [0.3, 0.4) is 0 Å². The number of para-hydroxylation sites is 1. The summed E-state index contributed by atoms with van der Waals surface area (Å²) in [6, 6.07) is 21.0. The molecule has 49 heavy (non-hydrogen) atoms. The standard InChI is InChI=1S/C37H49N7O4S/c1-37(2,3)48-36(45)44-23-21-43(22-24-44)20-19-38-34-31-12-6-7-13-32(31)41-35(42-34)39-25-27-15-17-28(18-16-27)26-40-49(46,47)33-14-8-10-29-9-4-5-11-30(29)33/h4-14,27-28,40H,15-26H2,1-3H3,(H2,38,39,41,42). The zero-order valence-electron chi connectivity index (χ0n) is 28.8. The summed E-state index contributed by atoms with van der Waals surface area (Å²) in [6.07, 6.45) is 3.75. The van der Waals surface area contributed by atoms with Gasteiger partial charge in [0.2, 0.25) is 16.0 Å². The molecule has 0 bridgehead atoms. The quantitative estimate of drug-likeness (QED) is 0.175. The predicted molar refractivity (Wildman–Crippen MR) is 195 cm³/mol. The van der Waals surface area contributed by atoms with Gasteiger partial charge in [0.25, 0.3) is 0 Å². The number of carbonyl (C=O) groups is 1. The molecule has 0 radical (unpaired) electrons. The summed E-state index contributed by atoms with van der Waals surface area (Å²) < 4.78 is 34.8. The highest BCUT2D eigenvalue weighted by atomic mass is 32.2. The number of ether oxygens (including phenoxy) is 1. The number of sulfonamides is 1. The maximum Gasteiger partial charge on any atom is 0.410 e. The maximum absolute atomic E-state index is 13.2. The molecule has 0 unspecified atom stereocenters. The molecule has 2 fully saturated rings. The smallest absolute Gasteiger partial charge is 0.410 e. The fraction of sp³-hybridized carbons (Fsp3) is 0.486. The van der Waals surface area contributed by atoms with Crippen LogP contribution < -0.4 is 15.4 Å². The van der Waals surface area contributed by atoms with Gasteiger partial charge in [0.05, 0.1) is 10.4 Å². The van der Waals surface area contributed by atoms with Crippen LogP contribution in [0, 0.1) is 11.8 Å². The third-order valence-electron chi connectivity index (χ3n) is 9.46. The van der Waals surface area contributed by atoms with Crippen molar-refractivity contribution in [1.82, 2.24) is 24.5 Å². The lowest BCUT2D eigenvalue weighted by molar-refractivity contribution is 0.0148. The lowest BCUT2D eigenvalue weighted by Gasteiger charge is -2.35. The molecule has 12 heteroatoms. The van der Waals surface area contributed by atoms with Gasteiger partial charge in [-0.2, -0.15) is 4.98 Å². The number of aromatic nitrogens is 2. The SMILES string of the molecule is CC(C)(C)OC(=O)N1CCN(CCNc2nc(NCC3CCC(CNS(=O)(=O)c4cccc5ccccc45)CC3)nc3ccccc23)CC1. The predicted octanol–water partition coefficient (Wildman–Crippen LogP) is 5.94. The van der Waals surface area contributed by atoms with E-state index in [1.807, 2.05) is 75.4 Å². The minimum atomic E-state index is -3.60. The Labute approximate surface area is 289 Å². The van der Waals surface area contributed by atoms with Gasteiger partial charge >= 0.3 is 6.09 Å². The molecule has 6 rings (SSSR count). The molecule has 262 valence electrons. The van der Waals surface area contributed by atoms with Crippen LogP contribution in [-0.4, -0.2) is 92.2 Å². The maximum atomic E-state index is 13.2. The molecule has 11 nitrogen and oxygen atoms in total. The molecule has 1 aliphatic carbocycles. The van der Waals surface area contributed by atoms with Gasteiger partial charge in [-0.25, -0.2) is 22.9 Å². The molecule has 0 atom stereocenters. The van der Waals surface area contributed by atoms with Crippen LogP contribution in [0.4, 0.5) is 16.6 Å². The Hall–Kier alpha value is -4.00. The van der Waals surface area contributed by atoms with E-state index in [-0.39, 0.29) is 6.09 Å². The second kappa shape index (κ2) is 15.3. The van der Waals surface area contributed by atoms with Gasteiger partial charge in [-0.05, 0) is 81.9 Å². The zero-order valence-corrected chi connectivity index (χ0v) is 29.6. The van der Waals surface area contributed by atoms with Crippen LogP contribution in [0.1, 0.15) is 46.5 Å². The molecule has 4 aromatic rings. The monoisotopic (exact) mass is 687 g/mol. The van der Waals surface area contributed by atoms with E-state index in [2.05, 4.69) is 20.3 Å². The fourth-order valence-corrected chi connectivity index (χ4v) is 8.06. The number of nitrogens with zero attached hydrogens (tertiary/aromatic N) is 4. The van der Waals surface area contributed by atoms with Crippen molar-refractivity contribution in [1.29, 1.82) is 0 Å². The Morgan fingerprint density at radius 1 is 0.816 bits per heavy atom. The van der Waals surface area contributed by atoms with Crippen molar-refractivity contribution in [3.8, 4) is 0 Å². The summed E-state index contributed by atoms with van der Waals surface area (Å²) >= 11 is 0. The van der Waals surface area contributed by atoms with Crippen LogP contribution in [0.5, 0.6) is 0 Å². The second-order valence-corrected chi connectivity index (χ2v) is 16.0. The lowest BCUT2D eigenvalue weighted by atomic mass is 9.82. The van der Waals surface area contributed by atoms with Crippen molar-refractivity contribution < 1.29 is 17.9 Å². The van der Waals surface area contributed by atoms with Crippen LogP contribution >= 0.6 is 0 Å². The Morgan fingerprint density at radius 2 is 1.47 bits per heavy atom. The minimum absolute atomic E-state index is 0.244. The highest BCUT2D eigenvalue weighted by Gasteiger charge is 2.26. The Balaban J connectivity index is 0.965. The van der Waals surface area contributed by atoms with Gasteiger partial charge in [-0.3, -0.25) is 4.90 Å². The first-order valence-corrected chi connectivity index (χ1v) is 18.9. The molecular formula is C37H49N7O4S. The summed E-state index contributed by atoms with van der Waals surface area (Å²) in [5, 5.41) is 9.68. The van der Waals surface area contributed by atoms with E-state index >= 15 is 0 Å². The van der Waals surface area contributed by atoms with Crippen molar-refractivity contribution in [2.45, 2.75) is 57.0 Å². The first-order chi connectivity index (χ1) is 23.5. The van der Waals surface area contributed by atoms with Crippen LogP contribution in [-0.2, 0) is 14.8 Å². The van der Waals surface area contributed by atoms with Crippen molar-refractivity contribution in [3.05, 3.63) is 66.7 Å². The van der Waals surface area contributed by atoms with E-state index in [1.165, 1.54) is 0 Å². The summed E-state index contributed by atoms with van der Waals surface area (Å²) in [4.78, 5) is 26.5. The highest BCUT2D eigenvalue weighted by molar-refractivity contribution is 7.89. The Morgan fingerprint density at radius 3 is 2.20 bits per heavy atom. The second-order valence-electron chi connectivity index (χ2n) is 14.2. The molecule has 3 N–H and O–H groups in total. The minimum Gasteiger partial charge on any atom is -0.444 e. The number of carbonyl (C=O) groups excluding carboxylic acids is 1. The van der Waals surface area contributed by atoms with Gasteiger partial charge in [-0.1, -0.05) is 48.5 Å². The summed E-state index contributed by atoms with van der Waals surface area (Å²) in [5.41, 5.74) is 0.395. The largest absolute Gasteiger partial charge is 0.444 e. The van der Waals surface area contributed by atoms with Gasteiger partial charge in [0.15, 0.2) is 0 Å². The Bertz CT molecular complexity index is 1840. The number of nitrogens with one attached hydrogen (secondary N) is 3. The van der Waals surface area contributed by atoms with Crippen LogP contribution in [0.25, 0.3) is 21.7 Å². The molecule has 0 spiro atoms. The van der Waals surface area contributed by atoms with E-state index in [4.69, 9.17) is 14.7 Å². The number of benzene rings is 3. The molecule has 2 aliphatic rings. The first-order valence-electron chi connectivity index (χ1n) is 17.5. The number of piperazine rings is 1. The van der Waals surface area contributed by atoms with Gasteiger partial charge in [0.1, 0.15) is 11.4 Å². The molecule has 2 heterocycles. The van der Waals surface area contributed by atoms with Gasteiger partial charge < -0.3 is 20.3 Å². The van der Waals surface area contributed by atoms with E-state index in [0.717, 1.165) is 85.9 Å². The average molecular weight is 688 g/mol. The van der Waals surface area contributed by atoms with E-state index in [9.17, 15) is 13.2 Å². The summed E-state index contributed by atoms with van der Waals surface area (Å²) in [6.45, 7) is 11.4. The first kappa shape index (κ1) is 34.8. The normalized spacial score (nSPS) is 19.2. The van der Waals surface area contributed by atoms with Crippen molar-refractivity contribution in [2.75, 3.05) is 63.0 Å².